The van der Waals surface area contributed by atoms with Crippen molar-refractivity contribution >= 4 is 29.0 Å². The summed E-state index contributed by atoms with van der Waals surface area (Å²) in [5.74, 6) is -0.793. The number of anilines is 1. The zero-order chi connectivity index (χ0) is 20.8. The average Bonchev–Trinajstić information content (AvgIpc) is 3.11. The van der Waals surface area contributed by atoms with E-state index in [1.807, 2.05) is 4.57 Å². The average molecular weight is 414 g/mol. The largest absolute Gasteiger partial charge is 0.325 e. The van der Waals surface area contributed by atoms with E-state index in [0.29, 0.717) is 17.5 Å². The Morgan fingerprint density at radius 3 is 2.76 bits per heavy atom. The van der Waals surface area contributed by atoms with E-state index < -0.39 is 22.3 Å². The number of amides is 1. The number of hydrogen-bond acceptors (Lipinski definition) is 7. The van der Waals surface area contributed by atoms with Crippen molar-refractivity contribution < 1.29 is 14.1 Å². The minimum atomic E-state index is -0.969. The van der Waals surface area contributed by atoms with Crippen molar-refractivity contribution in [1.29, 1.82) is 0 Å². The van der Waals surface area contributed by atoms with E-state index in [1.54, 1.807) is 30.6 Å². The van der Waals surface area contributed by atoms with Gasteiger partial charge >= 0.3 is 5.69 Å². The molecule has 11 heteroatoms. The Hall–Kier alpha value is -3.60. The first-order valence-electron chi connectivity index (χ1n) is 8.30. The second-order valence-corrected chi connectivity index (χ2v) is 6.64. The number of carbonyl (C=O) groups excluding carboxylic acids is 1. The lowest BCUT2D eigenvalue weighted by Gasteiger charge is -2.08. The van der Waals surface area contributed by atoms with Gasteiger partial charge in [-0.3, -0.25) is 24.5 Å². The summed E-state index contributed by atoms with van der Waals surface area (Å²) >= 11 is 1.15. The second kappa shape index (κ2) is 9.06. The SMILES string of the molecule is C=CCn1c(SCC(=O)Nc2ccc(F)c([N+](=O)[O-])c2)nnc1-c1ccncc1. The number of allylic oxidation sites excluding steroid dienone is 1. The Morgan fingerprint density at radius 2 is 2.07 bits per heavy atom. The van der Waals surface area contributed by atoms with Gasteiger partial charge in [0, 0.05) is 36.3 Å². The van der Waals surface area contributed by atoms with Crippen LogP contribution in [0, 0.1) is 15.9 Å². The number of pyridine rings is 1. The van der Waals surface area contributed by atoms with Gasteiger partial charge in [-0.1, -0.05) is 17.8 Å². The minimum absolute atomic E-state index is 0.0171. The Kier molecular flexibility index (Phi) is 6.29. The van der Waals surface area contributed by atoms with Gasteiger partial charge in [-0.25, -0.2) is 0 Å². The number of aromatic nitrogens is 4. The highest BCUT2D eigenvalue weighted by atomic mass is 32.2. The van der Waals surface area contributed by atoms with Crippen LogP contribution in [0.25, 0.3) is 11.4 Å². The van der Waals surface area contributed by atoms with Crippen molar-refractivity contribution in [2.75, 3.05) is 11.1 Å². The summed E-state index contributed by atoms with van der Waals surface area (Å²) in [5.41, 5.74) is 0.251. The number of hydrogen-bond donors (Lipinski definition) is 1. The van der Waals surface area contributed by atoms with E-state index in [2.05, 4.69) is 27.1 Å². The number of carbonyl (C=O) groups is 1. The summed E-state index contributed by atoms with van der Waals surface area (Å²) in [6, 6.07) is 6.76. The summed E-state index contributed by atoms with van der Waals surface area (Å²) < 4.78 is 15.2. The molecule has 0 saturated heterocycles. The monoisotopic (exact) mass is 414 g/mol. The summed E-state index contributed by atoms with van der Waals surface area (Å²) in [6.45, 7) is 4.17. The molecule has 0 atom stereocenters. The molecule has 0 aliphatic rings. The molecule has 2 heterocycles. The fraction of sp³-hybridized carbons (Fsp3) is 0.111. The molecule has 0 bridgehead atoms. The third-order valence-electron chi connectivity index (χ3n) is 3.73. The Bertz CT molecular complexity index is 1060. The first-order chi connectivity index (χ1) is 14.0. The Labute approximate surface area is 168 Å². The van der Waals surface area contributed by atoms with E-state index in [1.165, 1.54) is 6.07 Å². The molecule has 0 unspecified atom stereocenters. The van der Waals surface area contributed by atoms with Crippen LogP contribution in [0.3, 0.4) is 0 Å². The molecule has 1 amide bonds. The number of benzene rings is 1. The lowest BCUT2D eigenvalue weighted by atomic mass is 10.2. The van der Waals surface area contributed by atoms with Gasteiger partial charge < -0.3 is 5.32 Å². The zero-order valence-corrected chi connectivity index (χ0v) is 15.8. The smallest absolute Gasteiger partial charge is 0.306 e. The number of halogens is 1. The van der Waals surface area contributed by atoms with Crippen molar-refractivity contribution in [3.63, 3.8) is 0 Å². The highest BCUT2D eigenvalue weighted by molar-refractivity contribution is 7.99. The first-order valence-corrected chi connectivity index (χ1v) is 9.29. The van der Waals surface area contributed by atoms with Gasteiger partial charge in [0.05, 0.1) is 10.7 Å². The topological polar surface area (TPSA) is 116 Å². The molecule has 0 radical (unpaired) electrons. The van der Waals surface area contributed by atoms with Crippen molar-refractivity contribution in [3.05, 3.63) is 71.3 Å². The third-order valence-corrected chi connectivity index (χ3v) is 4.69. The molecule has 1 N–H and O–H groups in total. The minimum Gasteiger partial charge on any atom is -0.325 e. The second-order valence-electron chi connectivity index (χ2n) is 5.70. The van der Waals surface area contributed by atoms with Crippen molar-refractivity contribution in [1.82, 2.24) is 19.7 Å². The van der Waals surface area contributed by atoms with Crippen molar-refractivity contribution in [2.45, 2.75) is 11.7 Å². The van der Waals surface area contributed by atoms with Gasteiger partial charge in [-0.05, 0) is 24.3 Å². The molecule has 148 valence electrons. The van der Waals surface area contributed by atoms with Gasteiger partial charge in [0.1, 0.15) is 0 Å². The molecule has 3 aromatic rings. The number of thioether (sulfide) groups is 1. The summed E-state index contributed by atoms with van der Waals surface area (Å²) in [6.07, 6.45) is 4.98. The van der Waals surface area contributed by atoms with Gasteiger partial charge in [0.2, 0.25) is 11.7 Å². The molecule has 0 aliphatic carbocycles. The third kappa shape index (κ3) is 4.82. The van der Waals surface area contributed by atoms with Crippen LogP contribution in [0.2, 0.25) is 0 Å². The van der Waals surface area contributed by atoms with E-state index >= 15 is 0 Å². The molecular weight excluding hydrogens is 399 g/mol. The lowest BCUT2D eigenvalue weighted by Crippen LogP contribution is -2.15. The van der Waals surface area contributed by atoms with Crippen LogP contribution < -0.4 is 5.32 Å². The van der Waals surface area contributed by atoms with Crippen LogP contribution in [-0.4, -0.2) is 36.3 Å². The maximum absolute atomic E-state index is 13.4. The van der Waals surface area contributed by atoms with Crippen LogP contribution in [0.15, 0.2) is 60.5 Å². The van der Waals surface area contributed by atoms with E-state index in [0.717, 1.165) is 29.5 Å². The number of rotatable bonds is 8. The number of nitro benzene ring substituents is 1. The number of nitrogens with one attached hydrogen (secondary N) is 1. The zero-order valence-electron chi connectivity index (χ0n) is 15.0. The molecule has 2 aromatic heterocycles. The van der Waals surface area contributed by atoms with Crippen LogP contribution in [-0.2, 0) is 11.3 Å². The van der Waals surface area contributed by atoms with Crippen molar-refractivity contribution in [3.8, 4) is 11.4 Å². The van der Waals surface area contributed by atoms with Gasteiger partial charge in [-0.15, -0.1) is 16.8 Å². The van der Waals surface area contributed by atoms with Gasteiger partial charge in [0.25, 0.3) is 0 Å². The number of nitro groups is 1. The molecule has 0 spiro atoms. The summed E-state index contributed by atoms with van der Waals surface area (Å²) in [5, 5.41) is 22.1. The van der Waals surface area contributed by atoms with E-state index in [-0.39, 0.29) is 11.4 Å². The number of nitrogens with zero attached hydrogens (tertiary/aromatic N) is 5. The molecule has 9 nitrogen and oxygen atoms in total. The predicted octanol–water partition coefficient (Wildman–Crippen LogP) is 3.30. The first kappa shape index (κ1) is 20.1. The summed E-state index contributed by atoms with van der Waals surface area (Å²) in [7, 11) is 0. The van der Waals surface area contributed by atoms with E-state index in [4.69, 9.17) is 0 Å². The maximum Gasteiger partial charge on any atom is 0.306 e. The normalized spacial score (nSPS) is 10.5. The quantitative estimate of drug-likeness (QED) is 0.260. The molecular formula is C18H15FN6O3S. The fourth-order valence-electron chi connectivity index (χ4n) is 2.46. The molecule has 1 aromatic carbocycles. The Balaban J connectivity index is 1.71. The van der Waals surface area contributed by atoms with Crippen LogP contribution in [0.4, 0.5) is 15.8 Å². The molecule has 0 fully saturated rings. The van der Waals surface area contributed by atoms with Crippen LogP contribution >= 0.6 is 11.8 Å². The van der Waals surface area contributed by atoms with Crippen LogP contribution in [0.5, 0.6) is 0 Å². The van der Waals surface area contributed by atoms with Gasteiger partial charge in [-0.2, -0.15) is 4.39 Å². The molecule has 3 rings (SSSR count). The highest BCUT2D eigenvalue weighted by Crippen LogP contribution is 2.25. The lowest BCUT2D eigenvalue weighted by molar-refractivity contribution is -0.387. The van der Waals surface area contributed by atoms with Gasteiger partial charge in [0.15, 0.2) is 11.0 Å². The Morgan fingerprint density at radius 1 is 1.31 bits per heavy atom. The standard InChI is InChI=1S/C18H15FN6O3S/c1-2-9-24-17(12-5-7-20-8-6-12)22-23-18(24)29-11-16(26)21-13-3-4-14(19)15(10-13)25(27)28/h2-8,10H,1,9,11H2,(H,21,26). The van der Waals surface area contributed by atoms with Crippen LogP contribution in [0.1, 0.15) is 0 Å². The summed E-state index contributed by atoms with van der Waals surface area (Å²) in [4.78, 5) is 26.1. The van der Waals surface area contributed by atoms with E-state index in [9.17, 15) is 19.3 Å². The molecule has 0 aliphatic heterocycles. The molecule has 29 heavy (non-hydrogen) atoms. The molecule has 0 saturated carbocycles. The van der Waals surface area contributed by atoms with Crippen molar-refractivity contribution in [2.24, 2.45) is 0 Å². The predicted molar refractivity (Wildman–Crippen MR) is 106 cm³/mol. The highest BCUT2D eigenvalue weighted by Gasteiger charge is 2.17. The fourth-order valence-corrected chi connectivity index (χ4v) is 3.21. The maximum atomic E-state index is 13.4.